The lowest BCUT2D eigenvalue weighted by molar-refractivity contribution is -0.949. The molecule has 0 aliphatic carbocycles. The van der Waals surface area contributed by atoms with Crippen molar-refractivity contribution in [1.82, 2.24) is 15.2 Å². The zero-order chi connectivity index (χ0) is 17.8. The Labute approximate surface area is 139 Å². The average molecular weight is 330 g/mol. The molecule has 0 spiro atoms. The largest absolute Gasteiger partial charge is 0.337 e. The molecule has 1 rings (SSSR count). The summed E-state index contributed by atoms with van der Waals surface area (Å²) in [6.45, 7) is 15.4. The van der Waals surface area contributed by atoms with Crippen molar-refractivity contribution in [1.29, 1.82) is 0 Å². The van der Waals surface area contributed by atoms with Gasteiger partial charge in [0.2, 0.25) is 0 Å². The Morgan fingerprint density at radius 3 is 2.48 bits per heavy atom. The molecule has 0 bridgehead atoms. The summed E-state index contributed by atoms with van der Waals surface area (Å²) in [4.78, 5) is 19.9. The number of likely N-dealkylation sites (tertiary alicyclic amines) is 1. The van der Waals surface area contributed by atoms with Crippen LogP contribution in [0.1, 0.15) is 54.9 Å². The number of carbonyl (C=O) groups excluding carboxylic acids is 1. The van der Waals surface area contributed by atoms with Crippen LogP contribution in [0.4, 0.5) is 4.79 Å². The lowest BCUT2D eigenvalue weighted by Gasteiger charge is -2.25. The number of urea groups is 1. The standard InChI is InChI=1S/C15H31N5O3/c1-8-19(15(5,6)7)20(22)17-23-12-9-10-18(11-12)13(21)16-14(2,3)4/h12H,8-11H2,1-7H3,(H-,16,17,21,22)/p+1/t12-/m1/s1. The third kappa shape index (κ3) is 6.11. The van der Waals surface area contributed by atoms with Gasteiger partial charge >= 0.3 is 6.03 Å². The van der Waals surface area contributed by atoms with Crippen LogP contribution in [0.15, 0.2) is 5.28 Å². The van der Waals surface area contributed by atoms with Crippen molar-refractivity contribution in [2.24, 2.45) is 5.28 Å². The van der Waals surface area contributed by atoms with Crippen molar-refractivity contribution >= 4 is 6.03 Å². The molecule has 2 amide bonds. The second-order valence-electron chi connectivity index (χ2n) is 7.88. The Morgan fingerprint density at radius 1 is 1.39 bits per heavy atom. The smallest absolute Gasteiger partial charge is 0.317 e. The van der Waals surface area contributed by atoms with Crippen LogP contribution in [0.2, 0.25) is 0 Å². The van der Waals surface area contributed by atoms with Crippen molar-refractivity contribution in [2.75, 3.05) is 19.6 Å². The van der Waals surface area contributed by atoms with E-state index < -0.39 is 0 Å². The predicted molar refractivity (Wildman–Crippen MR) is 86.0 cm³/mol. The van der Waals surface area contributed by atoms with Gasteiger partial charge in [-0.05, 0) is 48.5 Å². The Bertz CT molecular complexity index is 439. The molecule has 1 fully saturated rings. The van der Waals surface area contributed by atoms with Crippen LogP contribution in [0.25, 0.3) is 0 Å². The predicted octanol–water partition coefficient (Wildman–Crippen LogP) is 2.39. The number of hydrogen-bond donors (Lipinski definition) is 2. The topological polar surface area (TPSA) is 80.4 Å². The fourth-order valence-electron chi connectivity index (χ4n) is 2.42. The van der Waals surface area contributed by atoms with Crippen molar-refractivity contribution in [2.45, 2.75) is 72.1 Å². The highest BCUT2D eigenvalue weighted by atomic mass is 16.7. The molecule has 23 heavy (non-hydrogen) atoms. The first-order valence-electron chi connectivity index (χ1n) is 8.14. The summed E-state index contributed by atoms with van der Waals surface area (Å²) in [7, 11) is 0. The van der Waals surface area contributed by atoms with Crippen molar-refractivity contribution in [3.63, 3.8) is 0 Å². The van der Waals surface area contributed by atoms with Gasteiger partial charge in [0.25, 0.3) is 10.2 Å². The normalized spacial score (nSPS) is 19.7. The van der Waals surface area contributed by atoms with Crippen LogP contribution in [-0.4, -0.2) is 62.9 Å². The molecule has 1 saturated heterocycles. The molecule has 2 N–H and O–H groups in total. The Morgan fingerprint density at radius 2 is 2.00 bits per heavy atom. The number of carbonyl (C=O) groups is 1. The van der Waals surface area contributed by atoms with Gasteiger partial charge in [-0.1, -0.05) is 0 Å². The van der Waals surface area contributed by atoms with Crippen LogP contribution < -0.4 is 5.32 Å². The molecule has 8 heteroatoms. The second-order valence-corrected chi connectivity index (χ2v) is 7.88. The Balaban J connectivity index is 2.55. The molecular formula is C15H32N5O3+. The molecule has 1 atom stereocenters. The molecule has 1 heterocycles. The third-order valence-corrected chi connectivity index (χ3v) is 3.47. The first-order chi connectivity index (χ1) is 10.4. The summed E-state index contributed by atoms with van der Waals surface area (Å²) in [6, 6.07) is -0.102. The van der Waals surface area contributed by atoms with Crippen molar-refractivity contribution in [3.05, 3.63) is 0 Å². The van der Waals surface area contributed by atoms with Crippen molar-refractivity contribution < 1.29 is 19.8 Å². The summed E-state index contributed by atoms with van der Waals surface area (Å²) in [5, 5.41) is 18.4. The van der Waals surface area contributed by atoms with E-state index in [2.05, 4.69) is 10.6 Å². The maximum atomic E-state index is 12.1. The van der Waals surface area contributed by atoms with E-state index in [0.717, 1.165) is 4.97 Å². The lowest BCUT2D eigenvalue weighted by atomic mass is 10.1. The van der Waals surface area contributed by atoms with Gasteiger partial charge in [-0.3, -0.25) is 0 Å². The summed E-state index contributed by atoms with van der Waals surface area (Å²) in [5.41, 5.74) is -0.540. The Kier molecular flexibility index (Phi) is 6.07. The third-order valence-electron chi connectivity index (χ3n) is 3.47. The molecule has 0 saturated carbocycles. The zero-order valence-electron chi connectivity index (χ0n) is 15.5. The van der Waals surface area contributed by atoms with Gasteiger partial charge in [0, 0.05) is 18.5 Å². The van der Waals surface area contributed by atoms with Crippen LogP contribution in [0.3, 0.4) is 0 Å². The first kappa shape index (κ1) is 19.3. The van der Waals surface area contributed by atoms with Gasteiger partial charge in [-0.25, -0.2) is 10.0 Å². The van der Waals surface area contributed by atoms with Gasteiger partial charge in [0.1, 0.15) is 0 Å². The van der Waals surface area contributed by atoms with Gasteiger partial charge in [-0.15, -0.1) is 5.01 Å². The highest BCUT2D eigenvalue weighted by Crippen LogP contribution is 2.16. The molecular weight excluding hydrogens is 298 g/mol. The lowest BCUT2D eigenvalue weighted by Crippen LogP contribution is -2.48. The van der Waals surface area contributed by atoms with E-state index in [1.54, 1.807) is 9.91 Å². The minimum Gasteiger partial charge on any atom is -0.337 e. The van der Waals surface area contributed by atoms with Crippen LogP contribution >= 0.6 is 0 Å². The maximum absolute atomic E-state index is 12.1. The minimum atomic E-state index is -0.273. The molecule has 134 valence electrons. The fraction of sp³-hybridized carbons (Fsp3) is 0.933. The van der Waals surface area contributed by atoms with Gasteiger partial charge in [-0.2, -0.15) is 0 Å². The molecule has 8 nitrogen and oxygen atoms in total. The molecule has 1 aliphatic rings. The van der Waals surface area contributed by atoms with Gasteiger partial charge < -0.3 is 15.1 Å². The fourth-order valence-corrected chi connectivity index (χ4v) is 2.42. The summed E-state index contributed by atoms with van der Waals surface area (Å²) < 4.78 is 0. The Hall–Kier alpha value is -1.73. The molecule has 0 radical (unpaired) electrons. The minimum absolute atomic E-state index is 0.102. The highest BCUT2D eigenvalue weighted by molar-refractivity contribution is 5.75. The zero-order valence-corrected chi connectivity index (χ0v) is 15.5. The quantitative estimate of drug-likeness (QED) is 0.471. The SMILES string of the molecule is CCN(/[N+](O)=N/O[C@@H]1CCN(C(=O)NC(C)(C)C)C1)C(C)(C)C. The van der Waals surface area contributed by atoms with Crippen LogP contribution in [0.5, 0.6) is 0 Å². The highest BCUT2D eigenvalue weighted by Gasteiger charge is 2.33. The van der Waals surface area contributed by atoms with E-state index in [4.69, 9.17) is 4.84 Å². The van der Waals surface area contributed by atoms with E-state index in [-0.39, 0.29) is 23.2 Å². The first-order valence-corrected chi connectivity index (χ1v) is 8.14. The summed E-state index contributed by atoms with van der Waals surface area (Å²) in [5.74, 6) is 0. The van der Waals surface area contributed by atoms with Gasteiger partial charge in [0.05, 0.1) is 18.6 Å². The second kappa shape index (κ2) is 7.23. The molecule has 1 aliphatic heterocycles. The maximum Gasteiger partial charge on any atom is 0.317 e. The molecule has 0 aromatic heterocycles. The number of amides is 2. The van der Waals surface area contributed by atoms with E-state index in [1.807, 2.05) is 48.5 Å². The number of hydrogen-bond acceptors (Lipinski definition) is 3. The number of hydrazine groups is 1. The average Bonchev–Trinajstić information content (AvgIpc) is 2.82. The number of nitrogens with zero attached hydrogens (tertiary/aromatic N) is 4. The number of rotatable bonds is 4. The molecule has 0 aromatic rings. The summed E-state index contributed by atoms with van der Waals surface area (Å²) >= 11 is 0. The number of nitrogens with one attached hydrogen (secondary N) is 1. The molecule has 0 unspecified atom stereocenters. The monoisotopic (exact) mass is 330 g/mol. The van der Waals surface area contributed by atoms with E-state index in [9.17, 15) is 10.0 Å². The van der Waals surface area contributed by atoms with Crippen LogP contribution in [-0.2, 0) is 4.84 Å². The van der Waals surface area contributed by atoms with E-state index >= 15 is 0 Å². The summed E-state index contributed by atoms with van der Waals surface area (Å²) in [6.07, 6.45) is 0.477. The van der Waals surface area contributed by atoms with E-state index in [0.29, 0.717) is 26.1 Å². The van der Waals surface area contributed by atoms with Crippen LogP contribution in [0, 0.1) is 0 Å². The van der Waals surface area contributed by atoms with Crippen molar-refractivity contribution in [3.8, 4) is 0 Å². The van der Waals surface area contributed by atoms with Gasteiger partial charge in [0.15, 0.2) is 6.10 Å². The van der Waals surface area contributed by atoms with E-state index in [1.165, 1.54) is 0 Å². The molecule has 0 aromatic carbocycles.